The summed E-state index contributed by atoms with van der Waals surface area (Å²) in [7, 11) is 0. The minimum atomic E-state index is 0.391. The second-order valence-electron chi connectivity index (χ2n) is 6.11. The Balaban J connectivity index is 1.98. The smallest absolute Gasteiger partial charge is 0.197 e. The van der Waals surface area contributed by atoms with Crippen LogP contribution in [0, 0.1) is 19.3 Å². The lowest BCUT2D eigenvalue weighted by Crippen LogP contribution is -2.20. The van der Waals surface area contributed by atoms with Gasteiger partial charge in [0.25, 0.3) is 0 Å². The van der Waals surface area contributed by atoms with Crippen LogP contribution >= 0.6 is 11.8 Å². The second kappa shape index (κ2) is 4.47. The van der Waals surface area contributed by atoms with E-state index in [1.165, 1.54) is 19.3 Å². The standard InChI is InChI=1S/C14H20N4S/c1-9-8-12-16-17-13(18(12)10(2)15-9)19-11-6-5-7-14(11,3)4/h8,11H,5-7H2,1-4H3/t11-/m0/s1. The third kappa shape index (κ3) is 2.24. The normalized spacial score (nSPS) is 22.2. The van der Waals surface area contributed by atoms with E-state index in [0.717, 1.165) is 22.3 Å². The van der Waals surface area contributed by atoms with Crippen molar-refractivity contribution in [3.05, 3.63) is 17.6 Å². The van der Waals surface area contributed by atoms with Gasteiger partial charge in [-0.1, -0.05) is 32.0 Å². The highest BCUT2D eigenvalue weighted by Gasteiger charge is 2.36. The van der Waals surface area contributed by atoms with Crippen molar-refractivity contribution in [3.63, 3.8) is 0 Å². The molecule has 4 nitrogen and oxygen atoms in total. The first kappa shape index (κ1) is 12.9. The Hall–Kier alpha value is -1.10. The minimum absolute atomic E-state index is 0.391. The molecule has 0 bridgehead atoms. The van der Waals surface area contributed by atoms with E-state index < -0.39 is 0 Å². The van der Waals surface area contributed by atoms with Crippen LogP contribution in [0.25, 0.3) is 5.65 Å². The number of hydrogen-bond donors (Lipinski definition) is 0. The third-order valence-electron chi connectivity index (χ3n) is 4.06. The average Bonchev–Trinajstić information content (AvgIpc) is 2.84. The van der Waals surface area contributed by atoms with Crippen LogP contribution in [0.15, 0.2) is 11.2 Å². The summed E-state index contributed by atoms with van der Waals surface area (Å²) in [5.74, 6) is 0.971. The summed E-state index contributed by atoms with van der Waals surface area (Å²) in [5.41, 5.74) is 2.29. The second-order valence-corrected chi connectivity index (χ2v) is 7.28. The van der Waals surface area contributed by atoms with Crippen molar-refractivity contribution in [2.75, 3.05) is 0 Å². The molecule has 0 radical (unpaired) electrons. The maximum Gasteiger partial charge on any atom is 0.197 e. The van der Waals surface area contributed by atoms with Crippen LogP contribution in [0.4, 0.5) is 0 Å². The fourth-order valence-electron chi connectivity index (χ4n) is 2.92. The predicted molar refractivity (Wildman–Crippen MR) is 77.5 cm³/mol. The zero-order valence-corrected chi connectivity index (χ0v) is 12.8. The molecule has 1 saturated carbocycles. The minimum Gasteiger partial charge on any atom is -0.258 e. The van der Waals surface area contributed by atoms with E-state index in [-0.39, 0.29) is 0 Å². The van der Waals surface area contributed by atoms with Crippen LogP contribution in [0.3, 0.4) is 0 Å². The van der Waals surface area contributed by atoms with Crippen molar-refractivity contribution in [1.82, 2.24) is 19.6 Å². The van der Waals surface area contributed by atoms with Gasteiger partial charge in [0.05, 0.1) is 0 Å². The Labute approximate surface area is 118 Å². The van der Waals surface area contributed by atoms with Crippen molar-refractivity contribution in [1.29, 1.82) is 0 Å². The van der Waals surface area contributed by atoms with Gasteiger partial charge in [-0.3, -0.25) is 4.40 Å². The largest absolute Gasteiger partial charge is 0.258 e. The molecule has 2 heterocycles. The molecule has 1 atom stereocenters. The summed E-state index contributed by atoms with van der Waals surface area (Å²) >= 11 is 1.86. The molecule has 2 aromatic heterocycles. The number of nitrogens with zero attached hydrogens (tertiary/aromatic N) is 4. The molecule has 0 aromatic carbocycles. The molecule has 1 aliphatic carbocycles. The molecule has 0 unspecified atom stereocenters. The van der Waals surface area contributed by atoms with Crippen molar-refractivity contribution in [2.24, 2.45) is 5.41 Å². The first-order valence-electron chi connectivity index (χ1n) is 6.83. The summed E-state index contributed by atoms with van der Waals surface area (Å²) in [4.78, 5) is 4.52. The molecule has 1 fully saturated rings. The summed E-state index contributed by atoms with van der Waals surface area (Å²) in [5, 5.41) is 10.3. The third-order valence-corrected chi connectivity index (χ3v) is 5.70. The van der Waals surface area contributed by atoms with Crippen molar-refractivity contribution < 1.29 is 0 Å². The maximum absolute atomic E-state index is 4.52. The van der Waals surface area contributed by atoms with Gasteiger partial charge in [-0.25, -0.2) is 4.98 Å². The summed E-state index contributed by atoms with van der Waals surface area (Å²) in [6.45, 7) is 8.73. The number of fused-ring (bicyclic) bond motifs is 1. The Morgan fingerprint density at radius 3 is 2.79 bits per heavy atom. The molecule has 0 spiro atoms. The number of thioether (sulfide) groups is 1. The molecule has 0 amide bonds. The lowest BCUT2D eigenvalue weighted by atomic mass is 9.92. The Kier molecular flexibility index (Phi) is 3.04. The van der Waals surface area contributed by atoms with E-state index >= 15 is 0 Å². The molecule has 102 valence electrons. The van der Waals surface area contributed by atoms with Crippen LogP contribution in [0.1, 0.15) is 44.6 Å². The van der Waals surface area contributed by atoms with Crippen LogP contribution in [-0.4, -0.2) is 24.8 Å². The fraction of sp³-hybridized carbons (Fsp3) is 0.643. The molecular weight excluding hydrogens is 256 g/mol. The number of aryl methyl sites for hydroxylation is 2. The average molecular weight is 276 g/mol. The molecule has 2 aromatic rings. The zero-order valence-electron chi connectivity index (χ0n) is 12.0. The van der Waals surface area contributed by atoms with E-state index in [1.807, 2.05) is 31.7 Å². The van der Waals surface area contributed by atoms with E-state index in [0.29, 0.717) is 10.7 Å². The predicted octanol–water partition coefficient (Wildman–Crippen LogP) is 3.41. The molecule has 1 aliphatic rings. The number of aromatic nitrogens is 4. The van der Waals surface area contributed by atoms with E-state index in [4.69, 9.17) is 0 Å². The van der Waals surface area contributed by atoms with Crippen LogP contribution in [0.2, 0.25) is 0 Å². The molecule has 3 rings (SSSR count). The monoisotopic (exact) mass is 276 g/mol. The van der Waals surface area contributed by atoms with Gasteiger partial charge in [-0.05, 0) is 32.1 Å². The Morgan fingerprint density at radius 1 is 1.32 bits per heavy atom. The van der Waals surface area contributed by atoms with Gasteiger partial charge < -0.3 is 0 Å². The van der Waals surface area contributed by atoms with Crippen LogP contribution in [-0.2, 0) is 0 Å². The molecule has 5 heteroatoms. The van der Waals surface area contributed by atoms with E-state index in [1.54, 1.807) is 0 Å². The highest BCUT2D eigenvalue weighted by atomic mass is 32.2. The number of hydrogen-bond acceptors (Lipinski definition) is 4. The molecule has 0 saturated heterocycles. The molecule has 19 heavy (non-hydrogen) atoms. The SMILES string of the molecule is Cc1cc2nnc(S[C@H]3CCCC3(C)C)n2c(C)n1. The lowest BCUT2D eigenvalue weighted by molar-refractivity contribution is 0.392. The van der Waals surface area contributed by atoms with Gasteiger partial charge >= 0.3 is 0 Å². The van der Waals surface area contributed by atoms with Crippen LogP contribution in [0.5, 0.6) is 0 Å². The zero-order chi connectivity index (χ0) is 13.6. The van der Waals surface area contributed by atoms with Crippen molar-refractivity contribution in [2.45, 2.75) is 57.4 Å². The highest BCUT2D eigenvalue weighted by Crippen LogP contribution is 2.46. The number of rotatable bonds is 2. The summed E-state index contributed by atoms with van der Waals surface area (Å²) in [6, 6.07) is 1.99. The first-order valence-corrected chi connectivity index (χ1v) is 7.71. The molecule has 0 aliphatic heterocycles. The van der Waals surface area contributed by atoms with E-state index in [9.17, 15) is 0 Å². The Bertz CT molecular complexity index is 617. The summed E-state index contributed by atoms with van der Waals surface area (Å²) in [6.07, 6.45) is 3.89. The molecule has 0 N–H and O–H groups in total. The van der Waals surface area contributed by atoms with Gasteiger partial charge in [0.15, 0.2) is 10.8 Å². The van der Waals surface area contributed by atoms with Gasteiger partial charge in [0.2, 0.25) is 0 Å². The maximum atomic E-state index is 4.52. The fourth-order valence-corrected chi connectivity index (χ4v) is 4.32. The summed E-state index contributed by atoms with van der Waals surface area (Å²) < 4.78 is 2.08. The highest BCUT2D eigenvalue weighted by molar-refractivity contribution is 7.99. The lowest BCUT2D eigenvalue weighted by Gasteiger charge is -2.25. The topological polar surface area (TPSA) is 43.1 Å². The molecular formula is C14H20N4S. The van der Waals surface area contributed by atoms with Crippen molar-refractivity contribution >= 4 is 17.4 Å². The van der Waals surface area contributed by atoms with E-state index in [2.05, 4.69) is 33.4 Å². The van der Waals surface area contributed by atoms with Gasteiger partial charge in [0, 0.05) is 17.0 Å². The Morgan fingerprint density at radius 2 is 2.11 bits per heavy atom. The first-order chi connectivity index (χ1) is 8.97. The van der Waals surface area contributed by atoms with Gasteiger partial charge in [-0.2, -0.15) is 0 Å². The van der Waals surface area contributed by atoms with Crippen molar-refractivity contribution in [3.8, 4) is 0 Å². The van der Waals surface area contributed by atoms with Crippen LogP contribution < -0.4 is 0 Å². The van der Waals surface area contributed by atoms with Gasteiger partial charge in [-0.15, -0.1) is 10.2 Å². The quantitative estimate of drug-likeness (QED) is 0.843. The van der Waals surface area contributed by atoms with Gasteiger partial charge in [0.1, 0.15) is 5.82 Å².